The van der Waals surface area contributed by atoms with E-state index in [0.29, 0.717) is 38.5 Å². The predicted octanol–water partition coefficient (Wildman–Crippen LogP) is 2.20. The lowest BCUT2D eigenvalue weighted by molar-refractivity contribution is -0.369. The van der Waals surface area contributed by atoms with Gasteiger partial charge >= 0.3 is 17.9 Å². The number of hydrogen-bond donors (Lipinski definition) is 8. The minimum Gasteiger partial charge on any atom is -0.464 e. The van der Waals surface area contributed by atoms with Gasteiger partial charge in [-0.15, -0.1) is 0 Å². The maximum absolute atomic E-state index is 15.3. The SMILES string of the molecule is CCOC(=O)[C@H](C)NC(=O)[C@H]1O[C@@H](O[C@H]2[C@H](O[C@H]3CC[C@]4(C)[C@H]5C(=O)C=C6[C@@H]7C[C@@](C)(C(=O)N[C@@H](C)C(=O)OCC)CC[C@]7(C)CC[C@@]6(C)[C@]5(C)CC[C@H]4C3(C)C)O[C@H](C(=O)N[C@@H](C)C(=O)OCC)[C@@H](O)[C@@H]2O)[C@H](O)[C@@H](O)[C@@H]1O. The molecule has 6 fully saturated rings. The standard InChI is InChI=1S/C57H89N3O19/c1-14-73-46(69)27(4)58-44(67)40-36(63)35(62)39(66)49(77-40)79-42-38(65)37(64)41(45(68)59-28(5)47(70)74-15-2)78-50(42)76-34-18-19-55(11)33(52(34,7)8)17-20-57(13)43(55)32(61)25-30-31-26-54(10,51(72)60-29(6)48(71)75-16-3)22-21-53(31,9)23-24-56(30,57)12/h25,27-29,31,33-43,49-50,62-66H,14-24,26H2,1-13H3,(H,58,67)(H,59,68)(H,60,72)/t27-,28-,29-,31-,33-,34-,35-,36-,37-,38-,39+,40-,41-,42+,43+,49-,50+,53+,54-,55-,56+,57+/m0/s1. The number of ether oxygens (including phenoxy) is 7. The molecule has 0 unspecified atom stereocenters. The summed E-state index contributed by atoms with van der Waals surface area (Å²) in [7, 11) is 0. The van der Waals surface area contributed by atoms with Gasteiger partial charge < -0.3 is 74.6 Å². The fourth-order valence-electron chi connectivity index (χ4n) is 15.3. The van der Waals surface area contributed by atoms with E-state index >= 15 is 4.79 Å². The molecule has 0 bridgehead atoms. The maximum Gasteiger partial charge on any atom is 0.328 e. The third-order valence-corrected chi connectivity index (χ3v) is 20.3. The van der Waals surface area contributed by atoms with Gasteiger partial charge in [0.15, 0.2) is 30.6 Å². The zero-order valence-electron chi connectivity index (χ0n) is 48.3. The number of aliphatic hydroxyl groups excluding tert-OH is 5. The highest BCUT2D eigenvalue weighted by atomic mass is 16.8. The molecule has 22 heteroatoms. The molecular formula is C57H89N3O19. The molecule has 22 atom stereocenters. The van der Waals surface area contributed by atoms with Gasteiger partial charge in [0.05, 0.1) is 25.9 Å². The van der Waals surface area contributed by atoms with Gasteiger partial charge in [0.1, 0.15) is 54.7 Å². The van der Waals surface area contributed by atoms with Crippen LogP contribution in [0.4, 0.5) is 0 Å². The first kappa shape index (κ1) is 62.5. The molecule has 7 rings (SSSR count). The Morgan fingerprint density at radius 1 is 0.620 bits per heavy atom. The molecule has 446 valence electrons. The van der Waals surface area contributed by atoms with Gasteiger partial charge in [-0.05, 0) is 144 Å². The van der Waals surface area contributed by atoms with Crippen molar-refractivity contribution in [1.82, 2.24) is 16.0 Å². The van der Waals surface area contributed by atoms with Crippen LogP contribution in [0, 0.1) is 50.2 Å². The van der Waals surface area contributed by atoms with Crippen LogP contribution in [0.15, 0.2) is 11.6 Å². The summed E-state index contributed by atoms with van der Waals surface area (Å²) in [6.07, 6.45) is -12.6. The summed E-state index contributed by atoms with van der Waals surface area (Å²) in [6.45, 7) is 24.5. The molecule has 0 radical (unpaired) electrons. The Bertz CT molecular complexity index is 2370. The largest absolute Gasteiger partial charge is 0.464 e. The Kier molecular flexibility index (Phi) is 18.4. The number of nitrogens with one attached hydrogen (secondary N) is 3. The van der Waals surface area contributed by atoms with Crippen molar-refractivity contribution in [3.8, 4) is 0 Å². The number of carbonyl (C=O) groups excluding carboxylic acids is 7. The molecule has 22 nitrogen and oxygen atoms in total. The van der Waals surface area contributed by atoms with E-state index in [2.05, 4.69) is 43.6 Å². The van der Waals surface area contributed by atoms with Gasteiger partial charge in [0.25, 0.3) is 11.8 Å². The lowest BCUT2D eigenvalue weighted by atomic mass is 9.33. The van der Waals surface area contributed by atoms with E-state index in [9.17, 15) is 54.3 Å². The smallest absolute Gasteiger partial charge is 0.328 e. The fourth-order valence-corrected chi connectivity index (χ4v) is 15.3. The van der Waals surface area contributed by atoms with Crippen LogP contribution in [-0.2, 0) is 66.7 Å². The molecule has 4 saturated carbocycles. The first-order valence-electron chi connectivity index (χ1n) is 28.5. The second kappa shape index (κ2) is 23.3. The van der Waals surface area contributed by atoms with E-state index in [4.69, 9.17) is 33.2 Å². The third kappa shape index (κ3) is 11.2. The molecule has 8 N–H and O–H groups in total. The maximum atomic E-state index is 15.3. The van der Waals surface area contributed by atoms with Crippen molar-refractivity contribution in [1.29, 1.82) is 0 Å². The van der Waals surface area contributed by atoms with Crippen molar-refractivity contribution >= 4 is 41.4 Å². The first-order valence-corrected chi connectivity index (χ1v) is 28.5. The van der Waals surface area contributed by atoms with Gasteiger partial charge in [-0.3, -0.25) is 19.2 Å². The highest BCUT2D eigenvalue weighted by Crippen LogP contribution is 2.75. The van der Waals surface area contributed by atoms with Crippen LogP contribution in [0.2, 0.25) is 0 Å². The molecule has 0 spiro atoms. The lowest BCUT2D eigenvalue weighted by Gasteiger charge is -2.70. The number of carbonyl (C=O) groups is 7. The van der Waals surface area contributed by atoms with Crippen molar-refractivity contribution in [2.45, 2.75) is 233 Å². The molecule has 3 amide bonds. The average molecular weight is 1120 g/mol. The molecule has 2 heterocycles. The zero-order valence-corrected chi connectivity index (χ0v) is 48.3. The Hall–Kier alpha value is -4.13. The number of rotatable bonds is 16. The zero-order chi connectivity index (χ0) is 58.7. The number of ketones is 1. The number of esters is 3. The average Bonchev–Trinajstić information content (AvgIpc) is 1.73. The lowest BCUT2D eigenvalue weighted by Crippen LogP contribution is -2.69. The third-order valence-electron chi connectivity index (χ3n) is 20.3. The first-order chi connectivity index (χ1) is 36.8. The summed E-state index contributed by atoms with van der Waals surface area (Å²) >= 11 is 0. The molecule has 5 aliphatic carbocycles. The number of amides is 3. The van der Waals surface area contributed by atoms with Crippen molar-refractivity contribution < 1.29 is 92.3 Å². The predicted molar refractivity (Wildman–Crippen MR) is 279 cm³/mol. The summed E-state index contributed by atoms with van der Waals surface area (Å²) in [6, 6.07) is -3.24. The van der Waals surface area contributed by atoms with Crippen LogP contribution in [0.5, 0.6) is 0 Å². The van der Waals surface area contributed by atoms with Crippen molar-refractivity contribution in [2.24, 2.45) is 50.2 Å². The molecule has 7 aliphatic rings. The summed E-state index contributed by atoms with van der Waals surface area (Å²) in [4.78, 5) is 94.2. The summed E-state index contributed by atoms with van der Waals surface area (Å²) in [5, 5.41) is 64.4. The molecule has 2 saturated heterocycles. The van der Waals surface area contributed by atoms with Gasteiger partial charge in [-0.2, -0.15) is 0 Å². The van der Waals surface area contributed by atoms with Crippen LogP contribution in [-0.4, -0.2) is 172 Å². The topological polar surface area (TPSA) is 321 Å². The fraction of sp³-hybridized carbons (Fsp3) is 0.842. The molecule has 0 aromatic carbocycles. The monoisotopic (exact) mass is 1120 g/mol. The van der Waals surface area contributed by atoms with Gasteiger partial charge in [-0.1, -0.05) is 54.0 Å². The van der Waals surface area contributed by atoms with Gasteiger partial charge in [0, 0.05) is 11.3 Å². The van der Waals surface area contributed by atoms with E-state index in [1.807, 2.05) is 26.8 Å². The number of aliphatic hydroxyl groups is 5. The van der Waals surface area contributed by atoms with E-state index < -0.39 is 148 Å². The number of hydrogen-bond acceptors (Lipinski definition) is 19. The van der Waals surface area contributed by atoms with Crippen LogP contribution in [0.1, 0.15) is 148 Å². The van der Waals surface area contributed by atoms with E-state index in [1.54, 1.807) is 27.7 Å². The number of allylic oxidation sites excluding steroid dienone is 2. The Morgan fingerprint density at radius 2 is 1.13 bits per heavy atom. The summed E-state index contributed by atoms with van der Waals surface area (Å²) in [5.74, 6) is -4.94. The summed E-state index contributed by atoms with van der Waals surface area (Å²) in [5.41, 5.74) is -2.08. The molecule has 0 aromatic heterocycles. The molecule has 0 aromatic rings. The Morgan fingerprint density at radius 3 is 1.67 bits per heavy atom. The molecular weight excluding hydrogens is 1030 g/mol. The van der Waals surface area contributed by atoms with Gasteiger partial charge in [0.2, 0.25) is 5.91 Å². The normalized spacial score (nSPS) is 42.6. The van der Waals surface area contributed by atoms with Crippen LogP contribution in [0.3, 0.4) is 0 Å². The van der Waals surface area contributed by atoms with Crippen LogP contribution in [0.25, 0.3) is 0 Å². The van der Waals surface area contributed by atoms with Crippen LogP contribution >= 0.6 is 0 Å². The quantitative estimate of drug-likeness (QED) is 0.0624. The van der Waals surface area contributed by atoms with E-state index in [-0.39, 0.29) is 48.8 Å². The van der Waals surface area contributed by atoms with Crippen molar-refractivity contribution in [2.75, 3.05) is 19.8 Å². The highest BCUT2D eigenvalue weighted by Gasteiger charge is 2.71. The van der Waals surface area contributed by atoms with Gasteiger partial charge in [-0.25, -0.2) is 14.4 Å². The summed E-state index contributed by atoms with van der Waals surface area (Å²) < 4.78 is 40.2. The van der Waals surface area contributed by atoms with E-state index in [0.717, 1.165) is 24.8 Å². The minimum atomic E-state index is -2.08. The van der Waals surface area contributed by atoms with Crippen molar-refractivity contribution in [3.63, 3.8) is 0 Å². The van der Waals surface area contributed by atoms with Crippen molar-refractivity contribution in [3.05, 3.63) is 11.6 Å². The molecule has 2 aliphatic heterocycles. The van der Waals surface area contributed by atoms with Crippen LogP contribution < -0.4 is 16.0 Å². The second-order valence-electron chi connectivity index (χ2n) is 25.6. The Labute approximate surface area is 463 Å². The highest BCUT2D eigenvalue weighted by molar-refractivity contribution is 5.96. The minimum absolute atomic E-state index is 0.0131. The van der Waals surface area contributed by atoms with E-state index in [1.165, 1.54) is 13.8 Å². The second-order valence-corrected chi connectivity index (χ2v) is 25.6. The Balaban J connectivity index is 1.17. The molecule has 79 heavy (non-hydrogen) atoms. The number of fused-ring (bicyclic) bond motifs is 7.